The van der Waals surface area contributed by atoms with Crippen LogP contribution in [0.5, 0.6) is 0 Å². The average Bonchev–Trinajstić information content (AvgIpc) is 3.00. The fraction of sp³-hybridized carbons (Fsp3) is 0.350. The number of nitrogens with one attached hydrogen (secondary N) is 1. The quantitative estimate of drug-likeness (QED) is 0.726. The van der Waals surface area contributed by atoms with Crippen LogP contribution >= 0.6 is 11.3 Å². The molecule has 0 radical (unpaired) electrons. The van der Waals surface area contributed by atoms with E-state index < -0.39 is 0 Å². The first-order chi connectivity index (χ1) is 13.0. The molecule has 0 bridgehead atoms. The number of amides is 1. The van der Waals surface area contributed by atoms with Crippen LogP contribution in [0.2, 0.25) is 0 Å². The van der Waals surface area contributed by atoms with E-state index in [1.807, 2.05) is 12.1 Å². The van der Waals surface area contributed by atoms with E-state index in [1.54, 1.807) is 12.4 Å². The molecule has 0 saturated heterocycles. The molecule has 3 aromatic heterocycles. The zero-order valence-electron chi connectivity index (χ0n) is 15.5. The van der Waals surface area contributed by atoms with Gasteiger partial charge in [-0.05, 0) is 37.1 Å². The lowest BCUT2D eigenvalue weighted by molar-refractivity contribution is 0.0956. The second kappa shape index (κ2) is 7.25. The molecule has 7 heteroatoms. The highest BCUT2D eigenvalue weighted by molar-refractivity contribution is 7.21. The maximum Gasteiger partial charge on any atom is 0.263 e. The predicted molar refractivity (Wildman–Crippen MR) is 109 cm³/mol. The zero-order chi connectivity index (χ0) is 19.0. The van der Waals surface area contributed by atoms with Gasteiger partial charge in [0.2, 0.25) is 0 Å². The summed E-state index contributed by atoms with van der Waals surface area (Å²) < 4.78 is 0. The molecule has 1 aliphatic rings. The summed E-state index contributed by atoms with van der Waals surface area (Å²) >= 11 is 1.37. The number of nitrogens with two attached hydrogens (primary N) is 1. The standard InChI is InChI=1S/C20H23N5OS/c1-12(2)25-7-5-16-14(11-25)8-15-17(21)18(27-20(15)24-16)19(26)23-10-13-4-3-6-22-9-13/h3-4,6,8-9,12H,5,7,10-11,21H2,1-2H3,(H,23,26). The van der Waals surface area contributed by atoms with E-state index in [2.05, 4.69) is 35.1 Å². The minimum absolute atomic E-state index is 0.166. The molecule has 3 aromatic rings. The Morgan fingerprint density at radius 1 is 1.44 bits per heavy atom. The van der Waals surface area contributed by atoms with Crippen molar-refractivity contribution in [2.75, 3.05) is 12.3 Å². The van der Waals surface area contributed by atoms with E-state index in [9.17, 15) is 4.79 Å². The van der Waals surface area contributed by atoms with Crippen molar-refractivity contribution in [2.24, 2.45) is 0 Å². The largest absolute Gasteiger partial charge is 0.397 e. The minimum atomic E-state index is -0.166. The number of aromatic nitrogens is 2. The fourth-order valence-electron chi connectivity index (χ4n) is 3.39. The van der Waals surface area contributed by atoms with E-state index in [0.29, 0.717) is 23.2 Å². The third-order valence-electron chi connectivity index (χ3n) is 5.01. The van der Waals surface area contributed by atoms with Crippen molar-refractivity contribution in [3.63, 3.8) is 0 Å². The first-order valence-corrected chi connectivity index (χ1v) is 9.96. The lowest BCUT2D eigenvalue weighted by Gasteiger charge is -2.31. The van der Waals surface area contributed by atoms with Crippen LogP contribution in [0.15, 0.2) is 30.6 Å². The summed E-state index contributed by atoms with van der Waals surface area (Å²) in [5.74, 6) is -0.166. The van der Waals surface area contributed by atoms with Gasteiger partial charge in [-0.25, -0.2) is 4.98 Å². The molecule has 0 atom stereocenters. The number of pyridine rings is 2. The van der Waals surface area contributed by atoms with Gasteiger partial charge in [0.1, 0.15) is 9.71 Å². The first kappa shape index (κ1) is 17.9. The molecule has 0 spiro atoms. The number of carbonyl (C=O) groups is 1. The summed E-state index contributed by atoms with van der Waals surface area (Å²) in [5, 5.41) is 3.81. The van der Waals surface area contributed by atoms with Gasteiger partial charge in [0.15, 0.2) is 0 Å². The van der Waals surface area contributed by atoms with Crippen LogP contribution in [0.25, 0.3) is 10.2 Å². The predicted octanol–water partition coefficient (Wildman–Crippen LogP) is 2.97. The van der Waals surface area contributed by atoms with Crippen LogP contribution in [0.1, 0.15) is 40.3 Å². The maximum atomic E-state index is 12.6. The number of fused-ring (bicyclic) bond motifs is 2. The number of thiophene rings is 1. The number of anilines is 1. The Morgan fingerprint density at radius 2 is 2.30 bits per heavy atom. The molecule has 0 aliphatic carbocycles. The summed E-state index contributed by atoms with van der Waals surface area (Å²) in [6.45, 7) is 6.74. The smallest absolute Gasteiger partial charge is 0.263 e. The van der Waals surface area contributed by atoms with Gasteiger partial charge in [0.25, 0.3) is 5.91 Å². The molecule has 1 amide bonds. The van der Waals surface area contributed by atoms with Crippen LogP contribution in [-0.4, -0.2) is 33.4 Å². The molecule has 3 N–H and O–H groups in total. The SMILES string of the molecule is CC(C)N1CCc2nc3sc(C(=O)NCc4cccnc4)c(N)c3cc2C1. The number of rotatable bonds is 4. The second-order valence-electron chi connectivity index (χ2n) is 7.15. The molecule has 0 unspecified atom stereocenters. The molecule has 6 nitrogen and oxygen atoms in total. The monoisotopic (exact) mass is 381 g/mol. The van der Waals surface area contributed by atoms with Gasteiger partial charge in [-0.1, -0.05) is 6.07 Å². The fourth-order valence-corrected chi connectivity index (χ4v) is 4.41. The normalized spacial score (nSPS) is 14.5. The zero-order valence-corrected chi connectivity index (χ0v) is 16.3. The number of nitrogen functional groups attached to an aromatic ring is 1. The van der Waals surface area contributed by atoms with Crippen molar-refractivity contribution in [2.45, 2.75) is 39.4 Å². The summed E-state index contributed by atoms with van der Waals surface area (Å²) in [7, 11) is 0. The Labute approximate surface area is 162 Å². The molecule has 0 fully saturated rings. The number of hydrogen-bond acceptors (Lipinski definition) is 6. The number of carbonyl (C=O) groups excluding carboxylic acids is 1. The second-order valence-corrected chi connectivity index (χ2v) is 8.15. The highest BCUT2D eigenvalue weighted by Crippen LogP contribution is 2.35. The van der Waals surface area contributed by atoms with Gasteiger partial charge in [0.05, 0.1) is 5.69 Å². The average molecular weight is 382 g/mol. The Balaban J connectivity index is 1.59. The lowest BCUT2D eigenvalue weighted by Crippen LogP contribution is -2.36. The maximum absolute atomic E-state index is 12.6. The molecule has 140 valence electrons. The van der Waals surface area contributed by atoms with Crippen LogP contribution in [0, 0.1) is 0 Å². The van der Waals surface area contributed by atoms with Gasteiger partial charge in [0, 0.05) is 55.6 Å². The molecule has 0 aromatic carbocycles. The van der Waals surface area contributed by atoms with Crippen LogP contribution in [0.3, 0.4) is 0 Å². The van der Waals surface area contributed by atoms with Crippen LogP contribution < -0.4 is 11.1 Å². The van der Waals surface area contributed by atoms with Crippen molar-refractivity contribution in [1.82, 2.24) is 20.2 Å². The van der Waals surface area contributed by atoms with Gasteiger partial charge < -0.3 is 11.1 Å². The third kappa shape index (κ3) is 3.52. The molecule has 1 aliphatic heterocycles. The van der Waals surface area contributed by atoms with E-state index >= 15 is 0 Å². The van der Waals surface area contributed by atoms with Gasteiger partial charge >= 0.3 is 0 Å². The van der Waals surface area contributed by atoms with Crippen LogP contribution in [-0.2, 0) is 19.5 Å². The topological polar surface area (TPSA) is 84.1 Å². The van der Waals surface area contributed by atoms with Crippen molar-refractivity contribution >= 4 is 33.1 Å². The van der Waals surface area contributed by atoms with E-state index in [0.717, 1.165) is 41.0 Å². The highest BCUT2D eigenvalue weighted by Gasteiger charge is 2.23. The van der Waals surface area contributed by atoms with Gasteiger partial charge in [-0.2, -0.15) is 0 Å². The van der Waals surface area contributed by atoms with Crippen molar-refractivity contribution in [3.05, 3.63) is 52.3 Å². The molecular formula is C20H23N5OS. The van der Waals surface area contributed by atoms with Crippen molar-refractivity contribution in [1.29, 1.82) is 0 Å². The Morgan fingerprint density at radius 3 is 3.04 bits per heavy atom. The van der Waals surface area contributed by atoms with Gasteiger partial charge in [-0.15, -0.1) is 11.3 Å². The summed E-state index contributed by atoms with van der Waals surface area (Å²) in [4.78, 5) is 25.3. The lowest BCUT2D eigenvalue weighted by atomic mass is 10.0. The summed E-state index contributed by atoms with van der Waals surface area (Å²) in [6, 6.07) is 6.40. The molecule has 4 heterocycles. The van der Waals surface area contributed by atoms with Gasteiger partial charge in [-0.3, -0.25) is 14.7 Å². The molecule has 4 rings (SSSR count). The third-order valence-corrected chi connectivity index (χ3v) is 6.13. The van der Waals surface area contributed by atoms with Crippen molar-refractivity contribution in [3.8, 4) is 0 Å². The van der Waals surface area contributed by atoms with E-state index in [4.69, 9.17) is 10.7 Å². The van der Waals surface area contributed by atoms with E-state index in [1.165, 1.54) is 16.9 Å². The molecule has 0 saturated carbocycles. The summed E-state index contributed by atoms with van der Waals surface area (Å²) in [5.41, 5.74) is 10.1. The van der Waals surface area contributed by atoms with Crippen molar-refractivity contribution < 1.29 is 4.79 Å². The minimum Gasteiger partial charge on any atom is -0.397 e. The highest BCUT2D eigenvalue weighted by atomic mass is 32.1. The number of hydrogen-bond donors (Lipinski definition) is 2. The number of nitrogens with zero attached hydrogens (tertiary/aromatic N) is 3. The summed E-state index contributed by atoms with van der Waals surface area (Å²) in [6.07, 6.45) is 4.39. The van der Waals surface area contributed by atoms with E-state index in [-0.39, 0.29) is 5.91 Å². The first-order valence-electron chi connectivity index (χ1n) is 9.15. The Kier molecular flexibility index (Phi) is 4.80. The molecule has 27 heavy (non-hydrogen) atoms. The van der Waals surface area contributed by atoms with Crippen LogP contribution in [0.4, 0.5) is 5.69 Å². The molecular weight excluding hydrogens is 358 g/mol. The Bertz CT molecular complexity index is 983. The Hall–Kier alpha value is -2.51.